The van der Waals surface area contributed by atoms with Gasteiger partial charge in [-0.3, -0.25) is 4.79 Å². The maximum atomic E-state index is 14.4. The van der Waals surface area contributed by atoms with E-state index < -0.39 is 41.6 Å². The summed E-state index contributed by atoms with van der Waals surface area (Å²) in [5.41, 5.74) is -0.662. The van der Waals surface area contributed by atoms with E-state index in [1.807, 2.05) is 6.92 Å². The lowest BCUT2D eigenvalue weighted by molar-refractivity contribution is -0.165. The van der Waals surface area contributed by atoms with E-state index in [1.54, 1.807) is 20.8 Å². The molecule has 7 heteroatoms. The molecule has 0 aromatic heterocycles. The van der Waals surface area contributed by atoms with Gasteiger partial charge in [0.05, 0.1) is 13.0 Å². The van der Waals surface area contributed by atoms with Crippen molar-refractivity contribution in [2.75, 3.05) is 13.7 Å². The molecule has 0 radical (unpaired) electrons. The van der Waals surface area contributed by atoms with Crippen LogP contribution in [0.3, 0.4) is 0 Å². The lowest BCUT2D eigenvalue weighted by atomic mass is 9.94. The van der Waals surface area contributed by atoms with Crippen LogP contribution in [0.15, 0.2) is 0 Å². The van der Waals surface area contributed by atoms with Crippen molar-refractivity contribution in [2.45, 2.75) is 77.6 Å². The van der Waals surface area contributed by atoms with Gasteiger partial charge in [0.25, 0.3) is 0 Å². The summed E-state index contributed by atoms with van der Waals surface area (Å²) in [6.45, 7) is 7.55. The first kappa shape index (κ1) is 21.4. The fraction of sp³-hybridized carbons (Fsp3) is 0.833. The molecule has 0 bridgehead atoms. The molecule has 1 amide bonds. The number of carbonyl (C=O) groups excluding carboxylic acids is 3. The minimum atomic E-state index is -2.02. The van der Waals surface area contributed by atoms with Crippen LogP contribution in [0, 0.1) is 5.92 Å². The van der Waals surface area contributed by atoms with Crippen LogP contribution in [0.5, 0.6) is 0 Å². The first-order chi connectivity index (χ1) is 11.6. The lowest BCUT2D eigenvalue weighted by Crippen LogP contribution is -2.48. The average molecular weight is 359 g/mol. The monoisotopic (exact) mass is 359 g/mol. The van der Waals surface area contributed by atoms with Crippen molar-refractivity contribution >= 4 is 17.8 Å². The molecule has 1 fully saturated rings. The fourth-order valence-electron chi connectivity index (χ4n) is 2.95. The third kappa shape index (κ3) is 5.97. The zero-order valence-corrected chi connectivity index (χ0v) is 15.8. The number of hydrogen-bond donors (Lipinski definition) is 0. The van der Waals surface area contributed by atoms with Crippen LogP contribution in [0.25, 0.3) is 0 Å². The molecule has 0 aromatic rings. The zero-order valence-electron chi connectivity index (χ0n) is 15.8. The van der Waals surface area contributed by atoms with Crippen molar-refractivity contribution in [2.24, 2.45) is 5.92 Å². The highest BCUT2D eigenvalue weighted by molar-refractivity contribution is 5.90. The number of likely N-dealkylation sites (tertiary alicyclic amines) is 1. The summed E-state index contributed by atoms with van der Waals surface area (Å²) in [5.74, 6) is -3.18. The summed E-state index contributed by atoms with van der Waals surface area (Å²) in [4.78, 5) is 38.2. The number of unbranched alkanes of at least 4 members (excludes halogenated alkanes) is 1. The standard InChI is InChI=1S/C18H30FNO5/c1-6-7-9-12(14(19)17(23)24-5)15(21)20-11-8-10-13(20)16(22)25-18(2,3)4/h12-14H,6-11H2,1-5H3. The number of amides is 1. The molecule has 0 N–H and O–H groups in total. The van der Waals surface area contributed by atoms with Crippen molar-refractivity contribution in [3.8, 4) is 0 Å². The molecule has 25 heavy (non-hydrogen) atoms. The van der Waals surface area contributed by atoms with E-state index in [0.29, 0.717) is 25.8 Å². The van der Waals surface area contributed by atoms with Crippen molar-refractivity contribution in [1.29, 1.82) is 0 Å². The second kappa shape index (κ2) is 9.15. The van der Waals surface area contributed by atoms with Gasteiger partial charge in [0, 0.05) is 6.54 Å². The number of halogens is 1. The first-order valence-electron chi connectivity index (χ1n) is 8.87. The van der Waals surface area contributed by atoms with Gasteiger partial charge >= 0.3 is 11.9 Å². The highest BCUT2D eigenvalue weighted by Gasteiger charge is 2.43. The van der Waals surface area contributed by atoms with Gasteiger partial charge in [0.15, 0.2) is 0 Å². The highest BCUT2D eigenvalue weighted by Crippen LogP contribution is 2.27. The molecule has 6 nitrogen and oxygen atoms in total. The SMILES string of the molecule is CCCCC(C(=O)N1CCCC1C(=O)OC(C)(C)C)C(F)C(=O)OC. The molecular weight excluding hydrogens is 329 g/mol. The fourth-order valence-corrected chi connectivity index (χ4v) is 2.95. The quantitative estimate of drug-likeness (QED) is 0.654. The average Bonchev–Trinajstić information content (AvgIpc) is 3.02. The normalized spacial score (nSPS) is 20.1. The van der Waals surface area contributed by atoms with E-state index in [9.17, 15) is 18.8 Å². The Hall–Kier alpha value is -1.66. The van der Waals surface area contributed by atoms with E-state index in [0.717, 1.165) is 13.5 Å². The third-order valence-corrected chi connectivity index (χ3v) is 4.18. The highest BCUT2D eigenvalue weighted by atomic mass is 19.1. The van der Waals surface area contributed by atoms with Gasteiger partial charge in [0.1, 0.15) is 11.6 Å². The van der Waals surface area contributed by atoms with E-state index in [4.69, 9.17) is 4.74 Å². The van der Waals surface area contributed by atoms with Gasteiger partial charge in [-0.2, -0.15) is 0 Å². The number of ether oxygens (including phenoxy) is 2. The van der Waals surface area contributed by atoms with Crippen LogP contribution >= 0.6 is 0 Å². The maximum Gasteiger partial charge on any atom is 0.341 e. The van der Waals surface area contributed by atoms with Crippen molar-refractivity contribution in [1.82, 2.24) is 4.90 Å². The number of nitrogens with zero attached hydrogens (tertiary/aromatic N) is 1. The van der Waals surface area contributed by atoms with Crippen molar-refractivity contribution < 1.29 is 28.2 Å². The van der Waals surface area contributed by atoms with Crippen LogP contribution in [0.4, 0.5) is 4.39 Å². The maximum absolute atomic E-state index is 14.4. The Kier molecular flexibility index (Phi) is 7.83. The Bertz CT molecular complexity index is 488. The molecule has 0 saturated carbocycles. The molecule has 0 spiro atoms. The predicted octanol–water partition coefficient (Wildman–Crippen LogP) is 2.64. The van der Waals surface area contributed by atoms with E-state index >= 15 is 0 Å². The van der Waals surface area contributed by atoms with Crippen LogP contribution < -0.4 is 0 Å². The first-order valence-corrected chi connectivity index (χ1v) is 8.87. The molecule has 1 heterocycles. The van der Waals surface area contributed by atoms with Crippen LogP contribution in [0.2, 0.25) is 0 Å². The molecule has 0 aromatic carbocycles. The van der Waals surface area contributed by atoms with Gasteiger partial charge < -0.3 is 14.4 Å². The van der Waals surface area contributed by atoms with Crippen LogP contribution in [-0.4, -0.2) is 54.2 Å². The molecule has 0 aliphatic carbocycles. The van der Waals surface area contributed by atoms with E-state index in [-0.39, 0.29) is 6.42 Å². The predicted molar refractivity (Wildman–Crippen MR) is 90.5 cm³/mol. The molecule has 144 valence electrons. The van der Waals surface area contributed by atoms with E-state index in [2.05, 4.69) is 4.74 Å². The summed E-state index contributed by atoms with van der Waals surface area (Å²) in [6, 6.07) is -0.722. The second-order valence-electron chi connectivity index (χ2n) is 7.40. The summed E-state index contributed by atoms with van der Waals surface area (Å²) < 4.78 is 24.3. The Morgan fingerprint density at radius 3 is 2.44 bits per heavy atom. The zero-order chi connectivity index (χ0) is 19.2. The smallest absolute Gasteiger partial charge is 0.341 e. The summed E-state index contributed by atoms with van der Waals surface area (Å²) >= 11 is 0. The number of alkyl halides is 1. The topological polar surface area (TPSA) is 72.9 Å². The summed E-state index contributed by atoms with van der Waals surface area (Å²) in [6.07, 6.45) is 0.723. The molecule has 1 aliphatic heterocycles. The van der Waals surface area contributed by atoms with Gasteiger partial charge in [-0.1, -0.05) is 19.8 Å². The largest absolute Gasteiger partial charge is 0.467 e. The van der Waals surface area contributed by atoms with Crippen molar-refractivity contribution in [3.05, 3.63) is 0 Å². The lowest BCUT2D eigenvalue weighted by Gasteiger charge is -2.30. The minimum absolute atomic E-state index is 0.239. The minimum Gasteiger partial charge on any atom is -0.467 e. The Morgan fingerprint density at radius 2 is 1.92 bits per heavy atom. The van der Waals surface area contributed by atoms with Gasteiger partial charge in [-0.15, -0.1) is 0 Å². The number of methoxy groups -OCH3 is 1. The van der Waals surface area contributed by atoms with E-state index in [1.165, 1.54) is 4.90 Å². The molecular formula is C18H30FNO5. The van der Waals surface area contributed by atoms with Crippen LogP contribution in [0.1, 0.15) is 59.8 Å². The van der Waals surface area contributed by atoms with Gasteiger partial charge in [-0.25, -0.2) is 14.0 Å². The van der Waals surface area contributed by atoms with Gasteiger partial charge in [0.2, 0.25) is 12.1 Å². The number of rotatable bonds is 7. The number of hydrogen-bond acceptors (Lipinski definition) is 5. The second-order valence-corrected chi connectivity index (χ2v) is 7.40. The molecule has 1 aliphatic rings. The Balaban J connectivity index is 2.93. The Labute approximate surface area is 149 Å². The number of carbonyl (C=O) groups is 3. The summed E-state index contributed by atoms with van der Waals surface area (Å²) in [5, 5.41) is 0. The molecule has 3 unspecified atom stereocenters. The van der Waals surface area contributed by atoms with Gasteiger partial charge in [-0.05, 0) is 40.0 Å². The summed E-state index contributed by atoms with van der Waals surface area (Å²) in [7, 11) is 1.09. The molecule has 3 atom stereocenters. The Morgan fingerprint density at radius 1 is 1.28 bits per heavy atom. The van der Waals surface area contributed by atoms with Crippen LogP contribution in [-0.2, 0) is 23.9 Å². The number of esters is 2. The van der Waals surface area contributed by atoms with Crippen molar-refractivity contribution in [3.63, 3.8) is 0 Å². The molecule has 1 rings (SSSR count). The third-order valence-electron chi connectivity index (χ3n) is 4.18. The molecule has 1 saturated heterocycles.